The third kappa shape index (κ3) is 4.39. The lowest BCUT2D eigenvalue weighted by Gasteiger charge is -2.06. The highest BCUT2D eigenvalue weighted by molar-refractivity contribution is 9.10. The molecule has 1 heterocycles. The molecule has 6 heteroatoms. The van der Waals surface area contributed by atoms with Gasteiger partial charge in [0.2, 0.25) is 0 Å². The molecule has 2 N–H and O–H groups in total. The van der Waals surface area contributed by atoms with Crippen LogP contribution in [0.2, 0.25) is 0 Å². The Kier molecular flexibility index (Phi) is 5.05. The third-order valence-corrected chi connectivity index (χ3v) is 3.30. The molecule has 0 aliphatic heterocycles. The van der Waals surface area contributed by atoms with E-state index in [1.807, 2.05) is 0 Å². The molecule has 0 aliphatic carbocycles. The summed E-state index contributed by atoms with van der Waals surface area (Å²) in [6.45, 7) is 0.470. The van der Waals surface area contributed by atoms with Crippen LogP contribution >= 0.6 is 15.9 Å². The summed E-state index contributed by atoms with van der Waals surface area (Å²) in [5.41, 5.74) is 1.71. The van der Waals surface area contributed by atoms with Crippen molar-refractivity contribution in [2.24, 2.45) is 0 Å². The maximum atomic E-state index is 11.9. The Hall–Kier alpha value is -2.21. The highest BCUT2D eigenvalue weighted by Crippen LogP contribution is 2.09. The quantitative estimate of drug-likeness (QED) is 0.869. The number of aromatic carboxylic acids is 1. The minimum atomic E-state index is -0.947. The van der Waals surface area contributed by atoms with Crippen LogP contribution in [-0.2, 0) is 6.42 Å². The van der Waals surface area contributed by atoms with Crippen molar-refractivity contribution >= 4 is 27.8 Å². The van der Waals surface area contributed by atoms with Crippen LogP contribution in [0.3, 0.4) is 0 Å². The molecular formula is C15H13BrN2O3. The number of carboxylic acid groups (broad SMARTS) is 1. The minimum Gasteiger partial charge on any atom is -0.478 e. The number of halogens is 1. The van der Waals surface area contributed by atoms with Gasteiger partial charge in [0, 0.05) is 23.4 Å². The Morgan fingerprint density at radius 1 is 1.14 bits per heavy atom. The lowest BCUT2D eigenvalue weighted by atomic mass is 10.1. The van der Waals surface area contributed by atoms with Crippen molar-refractivity contribution in [3.8, 4) is 0 Å². The van der Waals surface area contributed by atoms with Crippen LogP contribution in [-0.4, -0.2) is 28.5 Å². The molecule has 0 radical (unpaired) electrons. The van der Waals surface area contributed by atoms with Crippen LogP contribution in [0, 0.1) is 0 Å². The van der Waals surface area contributed by atoms with Gasteiger partial charge in [0.05, 0.1) is 11.1 Å². The van der Waals surface area contributed by atoms with E-state index < -0.39 is 5.97 Å². The molecule has 2 aromatic rings. The molecule has 21 heavy (non-hydrogen) atoms. The molecule has 1 aromatic carbocycles. The van der Waals surface area contributed by atoms with Gasteiger partial charge in [-0.05, 0) is 46.1 Å². The number of rotatable bonds is 5. The largest absolute Gasteiger partial charge is 0.478 e. The van der Waals surface area contributed by atoms with Gasteiger partial charge in [-0.3, -0.25) is 9.78 Å². The number of nitrogens with one attached hydrogen (secondary N) is 1. The summed E-state index contributed by atoms with van der Waals surface area (Å²) >= 11 is 3.26. The zero-order valence-electron chi connectivity index (χ0n) is 11.0. The first kappa shape index (κ1) is 15.2. The molecule has 1 amide bonds. The monoisotopic (exact) mass is 348 g/mol. The highest BCUT2D eigenvalue weighted by Gasteiger charge is 2.06. The standard InChI is InChI=1S/C15H13BrN2O3/c16-13-7-12(8-17-9-13)14(19)18-6-5-10-1-3-11(4-2-10)15(20)21/h1-4,7-9H,5-6H2,(H,18,19)(H,20,21). The van der Waals surface area contributed by atoms with Gasteiger partial charge in [-0.15, -0.1) is 0 Å². The van der Waals surface area contributed by atoms with Gasteiger partial charge in [-0.2, -0.15) is 0 Å². The number of hydrogen-bond donors (Lipinski definition) is 2. The second kappa shape index (κ2) is 6.99. The van der Waals surface area contributed by atoms with Crippen molar-refractivity contribution in [3.63, 3.8) is 0 Å². The zero-order valence-corrected chi connectivity index (χ0v) is 12.6. The Balaban J connectivity index is 1.86. The second-order valence-corrected chi connectivity index (χ2v) is 5.32. The molecule has 0 fully saturated rings. The fraction of sp³-hybridized carbons (Fsp3) is 0.133. The first-order valence-corrected chi connectivity index (χ1v) is 7.06. The van der Waals surface area contributed by atoms with Crippen molar-refractivity contribution in [1.82, 2.24) is 10.3 Å². The van der Waals surface area contributed by atoms with E-state index in [2.05, 4.69) is 26.2 Å². The number of amides is 1. The van der Waals surface area contributed by atoms with Crippen LogP contribution in [0.5, 0.6) is 0 Å². The van der Waals surface area contributed by atoms with Crippen LogP contribution in [0.15, 0.2) is 47.2 Å². The number of carboxylic acids is 1. The minimum absolute atomic E-state index is 0.189. The number of carbonyl (C=O) groups is 2. The van der Waals surface area contributed by atoms with E-state index in [1.165, 1.54) is 6.20 Å². The van der Waals surface area contributed by atoms with E-state index in [4.69, 9.17) is 5.11 Å². The Bertz CT molecular complexity index is 656. The molecule has 5 nitrogen and oxygen atoms in total. The predicted molar refractivity (Wildman–Crippen MR) is 81.4 cm³/mol. The average molecular weight is 349 g/mol. The second-order valence-electron chi connectivity index (χ2n) is 4.40. The average Bonchev–Trinajstić information content (AvgIpc) is 2.47. The van der Waals surface area contributed by atoms with Gasteiger partial charge in [-0.25, -0.2) is 4.79 Å². The van der Waals surface area contributed by atoms with Crippen molar-refractivity contribution < 1.29 is 14.7 Å². The molecule has 0 atom stereocenters. The zero-order chi connectivity index (χ0) is 15.2. The summed E-state index contributed by atoms with van der Waals surface area (Å²) in [6.07, 6.45) is 3.75. The summed E-state index contributed by atoms with van der Waals surface area (Å²) in [4.78, 5) is 26.5. The summed E-state index contributed by atoms with van der Waals surface area (Å²) in [6, 6.07) is 8.30. The molecule has 0 saturated heterocycles. The van der Waals surface area contributed by atoms with E-state index in [0.717, 1.165) is 10.0 Å². The van der Waals surface area contributed by atoms with Gasteiger partial charge >= 0.3 is 5.97 Å². The summed E-state index contributed by atoms with van der Waals surface area (Å²) in [7, 11) is 0. The molecule has 0 saturated carbocycles. The molecule has 2 rings (SSSR count). The molecule has 108 valence electrons. The maximum Gasteiger partial charge on any atom is 0.335 e. The number of nitrogens with zero attached hydrogens (tertiary/aromatic N) is 1. The molecule has 0 aliphatic rings. The maximum absolute atomic E-state index is 11.9. The van der Waals surface area contributed by atoms with Gasteiger partial charge < -0.3 is 10.4 Å². The van der Waals surface area contributed by atoms with Gasteiger partial charge in [0.25, 0.3) is 5.91 Å². The normalized spacial score (nSPS) is 10.1. The fourth-order valence-corrected chi connectivity index (χ4v) is 2.14. The Labute approximate surface area is 130 Å². The van der Waals surface area contributed by atoms with Crippen molar-refractivity contribution in [2.45, 2.75) is 6.42 Å². The highest BCUT2D eigenvalue weighted by atomic mass is 79.9. The lowest BCUT2D eigenvalue weighted by Crippen LogP contribution is -2.25. The van der Waals surface area contributed by atoms with Crippen LogP contribution in [0.4, 0.5) is 0 Å². The van der Waals surface area contributed by atoms with Crippen LogP contribution in [0.1, 0.15) is 26.3 Å². The fourth-order valence-electron chi connectivity index (χ4n) is 1.77. The van der Waals surface area contributed by atoms with Gasteiger partial charge in [-0.1, -0.05) is 12.1 Å². The van der Waals surface area contributed by atoms with Gasteiger partial charge in [0.15, 0.2) is 0 Å². The number of carbonyl (C=O) groups excluding carboxylic acids is 1. The summed E-state index contributed by atoms with van der Waals surface area (Å²) < 4.78 is 0.749. The SMILES string of the molecule is O=C(O)c1ccc(CCNC(=O)c2cncc(Br)c2)cc1. The third-order valence-electron chi connectivity index (χ3n) is 2.87. The molecule has 1 aromatic heterocycles. The summed E-state index contributed by atoms with van der Waals surface area (Å²) in [5, 5.41) is 11.6. The smallest absolute Gasteiger partial charge is 0.335 e. The molecular weight excluding hydrogens is 336 g/mol. The first-order valence-electron chi connectivity index (χ1n) is 6.27. The molecule has 0 spiro atoms. The van der Waals surface area contributed by atoms with Crippen molar-refractivity contribution in [2.75, 3.05) is 6.54 Å². The number of pyridine rings is 1. The lowest BCUT2D eigenvalue weighted by molar-refractivity contribution is 0.0696. The topological polar surface area (TPSA) is 79.3 Å². The summed E-state index contributed by atoms with van der Waals surface area (Å²) in [5.74, 6) is -1.14. The van der Waals surface area contributed by atoms with E-state index >= 15 is 0 Å². The van der Waals surface area contributed by atoms with Gasteiger partial charge in [0.1, 0.15) is 0 Å². The van der Waals surface area contributed by atoms with E-state index in [1.54, 1.807) is 36.5 Å². The molecule has 0 bridgehead atoms. The number of hydrogen-bond acceptors (Lipinski definition) is 3. The number of aromatic nitrogens is 1. The van der Waals surface area contributed by atoms with E-state index in [0.29, 0.717) is 18.5 Å². The van der Waals surface area contributed by atoms with Crippen LogP contribution < -0.4 is 5.32 Å². The Morgan fingerprint density at radius 3 is 2.48 bits per heavy atom. The molecule has 0 unspecified atom stereocenters. The van der Waals surface area contributed by atoms with Crippen LogP contribution in [0.25, 0.3) is 0 Å². The Morgan fingerprint density at radius 2 is 1.86 bits per heavy atom. The number of benzene rings is 1. The first-order chi connectivity index (χ1) is 10.1. The van der Waals surface area contributed by atoms with Crippen molar-refractivity contribution in [3.05, 3.63) is 63.9 Å². The van der Waals surface area contributed by atoms with E-state index in [9.17, 15) is 9.59 Å². The predicted octanol–water partition coefficient (Wildman–Crippen LogP) is 2.51. The van der Waals surface area contributed by atoms with Crippen molar-refractivity contribution in [1.29, 1.82) is 0 Å². The van der Waals surface area contributed by atoms with E-state index in [-0.39, 0.29) is 11.5 Å².